The highest BCUT2D eigenvalue weighted by Gasteiger charge is 2.41. The molecule has 0 spiro atoms. The van der Waals surface area contributed by atoms with E-state index in [0.29, 0.717) is 48.9 Å². The third-order valence-electron chi connectivity index (χ3n) is 6.32. The summed E-state index contributed by atoms with van der Waals surface area (Å²) >= 11 is 0. The summed E-state index contributed by atoms with van der Waals surface area (Å²) in [5, 5.41) is 1.70. The van der Waals surface area contributed by atoms with Crippen molar-refractivity contribution in [2.45, 2.75) is 44.0 Å². The van der Waals surface area contributed by atoms with Crippen LogP contribution in [-0.2, 0) is 15.6 Å². The monoisotopic (exact) mass is 476 g/mol. The van der Waals surface area contributed by atoms with Gasteiger partial charge >= 0.3 is 0 Å². The molecule has 1 atom stereocenters. The zero-order chi connectivity index (χ0) is 24.0. The van der Waals surface area contributed by atoms with Crippen molar-refractivity contribution < 1.29 is 13.2 Å². The van der Waals surface area contributed by atoms with Crippen LogP contribution in [0.25, 0.3) is 11.4 Å². The lowest BCUT2D eigenvalue weighted by Crippen LogP contribution is -2.52. The minimum atomic E-state index is -3.69. The fourth-order valence-electron chi connectivity index (χ4n) is 4.60. The van der Waals surface area contributed by atoms with Crippen molar-refractivity contribution in [3.05, 3.63) is 34.2 Å². The highest BCUT2D eigenvalue weighted by molar-refractivity contribution is 7.89. The van der Waals surface area contributed by atoms with Crippen LogP contribution in [0.5, 0.6) is 5.75 Å². The molecule has 0 radical (unpaired) electrons. The normalized spacial score (nSPS) is 21.2. The smallest absolute Gasteiger partial charge is 0.276 e. The van der Waals surface area contributed by atoms with Crippen molar-refractivity contribution in [1.29, 1.82) is 0 Å². The summed E-state index contributed by atoms with van der Waals surface area (Å²) in [6.45, 7) is 7.59. The van der Waals surface area contributed by atoms with Crippen molar-refractivity contribution in [1.82, 2.24) is 19.7 Å². The Morgan fingerprint density at radius 3 is 2.67 bits per heavy atom. The second-order valence-electron chi connectivity index (χ2n) is 8.88. The molecule has 0 amide bonds. The van der Waals surface area contributed by atoms with Crippen molar-refractivity contribution in [3.63, 3.8) is 0 Å². The largest absolute Gasteiger partial charge is 0.493 e. The number of sulfonamides is 1. The number of nitrogens with two attached hydrogens (primary N) is 1. The SMILES string of the molecule is CCCC1(C)NN(C)c2c1nc(-c1cc(S(=O)(=O)N3CC(CN)C3)ccc1OCC)[nH]c2=O. The number of hydrazine groups is 1. The average Bonchev–Trinajstić information content (AvgIpc) is 2.98. The van der Waals surface area contributed by atoms with Gasteiger partial charge in [0.2, 0.25) is 10.0 Å². The zero-order valence-electron chi connectivity index (χ0n) is 19.5. The molecule has 11 heteroatoms. The molecule has 1 unspecified atom stereocenters. The van der Waals surface area contributed by atoms with E-state index in [1.807, 2.05) is 13.8 Å². The fraction of sp³-hybridized carbons (Fsp3) is 0.545. The Bertz CT molecular complexity index is 1210. The van der Waals surface area contributed by atoms with Gasteiger partial charge in [0, 0.05) is 20.1 Å². The summed E-state index contributed by atoms with van der Waals surface area (Å²) < 4.78 is 33.5. The third-order valence-corrected chi connectivity index (χ3v) is 8.15. The number of hydrogen-bond acceptors (Lipinski definition) is 8. The Hall–Kier alpha value is -2.47. The number of fused-ring (bicyclic) bond motifs is 1. The molecule has 2 aliphatic heterocycles. The van der Waals surface area contributed by atoms with Crippen LogP contribution in [0.2, 0.25) is 0 Å². The predicted octanol–water partition coefficient (Wildman–Crippen LogP) is 1.38. The van der Waals surface area contributed by atoms with E-state index in [2.05, 4.69) is 17.3 Å². The van der Waals surface area contributed by atoms with Gasteiger partial charge in [-0.2, -0.15) is 4.31 Å². The number of ether oxygens (including phenoxy) is 1. The van der Waals surface area contributed by atoms with Crippen LogP contribution < -0.4 is 26.5 Å². The molecule has 0 aliphatic carbocycles. The Morgan fingerprint density at radius 1 is 1.30 bits per heavy atom. The van der Waals surface area contributed by atoms with E-state index in [-0.39, 0.29) is 22.2 Å². The first-order valence-corrected chi connectivity index (χ1v) is 12.7. The van der Waals surface area contributed by atoms with E-state index >= 15 is 0 Å². The molecule has 2 aromatic rings. The summed E-state index contributed by atoms with van der Waals surface area (Å²) in [4.78, 5) is 20.8. The zero-order valence-corrected chi connectivity index (χ0v) is 20.3. The van der Waals surface area contributed by atoms with E-state index < -0.39 is 15.6 Å². The Morgan fingerprint density at radius 2 is 2.03 bits per heavy atom. The average molecular weight is 477 g/mol. The van der Waals surface area contributed by atoms with Gasteiger partial charge in [0.15, 0.2) is 0 Å². The van der Waals surface area contributed by atoms with Gasteiger partial charge in [-0.3, -0.25) is 4.79 Å². The van der Waals surface area contributed by atoms with Gasteiger partial charge in [-0.25, -0.2) is 18.8 Å². The number of nitrogens with one attached hydrogen (secondary N) is 2. The van der Waals surface area contributed by atoms with Gasteiger partial charge in [-0.15, -0.1) is 0 Å². The number of hydrogen-bond donors (Lipinski definition) is 3. The molecular weight excluding hydrogens is 444 g/mol. The summed E-state index contributed by atoms with van der Waals surface area (Å²) in [6.07, 6.45) is 1.68. The van der Waals surface area contributed by atoms with Crippen molar-refractivity contribution >= 4 is 15.7 Å². The number of rotatable bonds is 8. The van der Waals surface area contributed by atoms with Gasteiger partial charge in [0.05, 0.1) is 28.3 Å². The maximum atomic E-state index is 13.1. The Balaban J connectivity index is 1.83. The minimum absolute atomic E-state index is 0.131. The predicted molar refractivity (Wildman–Crippen MR) is 127 cm³/mol. The van der Waals surface area contributed by atoms with E-state index in [0.717, 1.165) is 12.8 Å². The van der Waals surface area contributed by atoms with Crippen molar-refractivity contribution in [2.24, 2.45) is 11.7 Å². The molecule has 4 rings (SSSR count). The third kappa shape index (κ3) is 4.03. The number of aromatic nitrogens is 2. The summed E-state index contributed by atoms with van der Waals surface area (Å²) in [6, 6.07) is 4.68. The van der Waals surface area contributed by atoms with Crippen LogP contribution in [0, 0.1) is 5.92 Å². The Kier molecular flexibility index (Phi) is 6.25. The van der Waals surface area contributed by atoms with Crippen LogP contribution in [0.15, 0.2) is 27.9 Å². The van der Waals surface area contributed by atoms with Crippen LogP contribution >= 0.6 is 0 Å². The topological polar surface area (TPSA) is 134 Å². The molecule has 0 saturated carbocycles. The lowest BCUT2D eigenvalue weighted by molar-refractivity contribution is 0.207. The number of benzene rings is 1. The first kappa shape index (κ1) is 23.7. The highest BCUT2D eigenvalue weighted by atomic mass is 32.2. The molecule has 3 heterocycles. The van der Waals surface area contributed by atoms with Crippen LogP contribution in [0.4, 0.5) is 5.69 Å². The maximum Gasteiger partial charge on any atom is 0.276 e. The Labute approximate surface area is 194 Å². The van der Waals surface area contributed by atoms with Gasteiger partial charge in [0.25, 0.3) is 5.56 Å². The van der Waals surface area contributed by atoms with Gasteiger partial charge in [0.1, 0.15) is 17.3 Å². The summed E-state index contributed by atoms with van der Waals surface area (Å²) in [7, 11) is -1.90. The molecule has 33 heavy (non-hydrogen) atoms. The minimum Gasteiger partial charge on any atom is -0.493 e. The fourth-order valence-corrected chi connectivity index (χ4v) is 6.22. The van der Waals surface area contributed by atoms with E-state index in [1.165, 1.54) is 16.4 Å². The molecule has 10 nitrogen and oxygen atoms in total. The van der Waals surface area contributed by atoms with Gasteiger partial charge < -0.3 is 20.5 Å². The first-order chi connectivity index (χ1) is 15.6. The van der Waals surface area contributed by atoms with Crippen LogP contribution in [-0.4, -0.2) is 56.0 Å². The van der Waals surface area contributed by atoms with Crippen molar-refractivity contribution in [2.75, 3.05) is 38.3 Å². The van der Waals surface area contributed by atoms with Crippen LogP contribution in [0.3, 0.4) is 0 Å². The lowest BCUT2D eigenvalue weighted by Gasteiger charge is -2.37. The van der Waals surface area contributed by atoms with Crippen LogP contribution in [0.1, 0.15) is 39.3 Å². The highest BCUT2D eigenvalue weighted by Crippen LogP contribution is 2.38. The molecule has 2 aliphatic rings. The molecule has 1 saturated heterocycles. The second kappa shape index (κ2) is 8.71. The molecule has 0 bridgehead atoms. The molecule has 180 valence electrons. The standard InChI is InChI=1S/C22H32N6O4S/c1-5-9-22(3)19-18(27(4)26-22)21(29)25-20(24-19)16-10-15(7-8-17(16)32-6-2)33(30,31)28-12-14(11-23)13-28/h7-8,10,14,26H,5-6,9,11-13,23H2,1-4H3,(H,24,25,29). The number of nitrogens with zero attached hydrogens (tertiary/aromatic N) is 3. The molecule has 1 fully saturated rings. The number of aromatic amines is 1. The van der Waals surface area contributed by atoms with E-state index in [4.69, 9.17) is 15.5 Å². The van der Waals surface area contributed by atoms with E-state index in [9.17, 15) is 13.2 Å². The van der Waals surface area contributed by atoms with Crippen molar-refractivity contribution in [3.8, 4) is 17.1 Å². The summed E-state index contributed by atoms with van der Waals surface area (Å²) in [5.74, 6) is 0.916. The molecule has 4 N–H and O–H groups in total. The molecule has 1 aromatic carbocycles. The molecular formula is C22H32N6O4S. The second-order valence-corrected chi connectivity index (χ2v) is 10.8. The first-order valence-electron chi connectivity index (χ1n) is 11.3. The lowest BCUT2D eigenvalue weighted by atomic mass is 9.93. The summed E-state index contributed by atoms with van der Waals surface area (Å²) in [5.41, 5.74) is 9.72. The maximum absolute atomic E-state index is 13.1. The van der Waals surface area contributed by atoms with Gasteiger partial charge in [-0.05, 0) is 50.9 Å². The number of H-pyrrole nitrogens is 1. The molecule has 1 aromatic heterocycles. The number of anilines is 1. The van der Waals surface area contributed by atoms with E-state index in [1.54, 1.807) is 18.1 Å². The quantitative estimate of drug-likeness (QED) is 0.520. The van der Waals surface area contributed by atoms with Gasteiger partial charge in [-0.1, -0.05) is 13.3 Å².